The van der Waals surface area contributed by atoms with Crippen molar-refractivity contribution in [1.29, 1.82) is 0 Å². The summed E-state index contributed by atoms with van der Waals surface area (Å²) in [6, 6.07) is 10.3. The highest BCUT2D eigenvalue weighted by Crippen LogP contribution is 2.22. The van der Waals surface area contributed by atoms with Crippen LogP contribution >= 0.6 is 0 Å². The molecular formula is C15H19N3O2S. The second-order valence-electron chi connectivity index (χ2n) is 4.55. The second kappa shape index (κ2) is 6.69. The zero-order chi connectivity index (χ0) is 15.3. The first-order chi connectivity index (χ1) is 10.1. The number of anilines is 1. The maximum Gasteiger partial charge on any atom is 0.264 e. The molecule has 0 aliphatic heterocycles. The summed E-state index contributed by atoms with van der Waals surface area (Å²) < 4.78 is 26.8. The molecule has 5 nitrogen and oxygen atoms in total. The molecule has 0 fully saturated rings. The third-order valence-electron chi connectivity index (χ3n) is 3.13. The van der Waals surface area contributed by atoms with Gasteiger partial charge in [0.1, 0.15) is 0 Å². The Morgan fingerprint density at radius 1 is 1.10 bits per heavy atom. The average Bonchev–Trinajstić information content (AvgIpc) is 2.50. The van der Waals surface area contributed by atoms with Gasteiger partial charge in [0.2, 0.25) is 0 Å². The van der Waals surface area contributed by atoms with E-state index in [9.17, 15) is 8.42 Å². The topological polar surface area (TPSA) is 62.3 Å². The highest BCUT2D eigenvalue weighted by molar-refractivity contribution is 7.92. The lowest BCUT2D eigenvalue weighted by Crippen LogP contribution is -2.30. The Balaban J connectivity index is 2.35. The number of nitrogens with one attached hydrogen (secondary N) is 1. The van der Waals surface area contributed by atoms with Crippen LogP contribution in [0, 0.1) is 0 Å². The van der Waals surface area contributed by atoms with E-state index in [2.05, 4.69) is 10.3 Å². The second-order valence-corrected chi connectivity index (χ2v) is 6.41. The molecule has 0 unspecified atom stereocenters. The molecule has 1 aromatic heterocycles. The zero-order valence-corrected chi connectivity index (χ0v) is 13.0. The maximum absolute atomic E-state index is 12.7. The summed E-state index contributed by atoms with van der Waals surface area (Å²) in [5, 5.41) is 3.04. The molecule has 0 aliphatic carbocycles. The van der Waals surface area contributed by atoms with Gasteiger partial charge in [0, 0.05) is 25.5 Å². The van der Waals surface area contributed by atoms with Gasteiger partial charge < -0.3 is 5.32 Å². The van der Waals surface area contributed by atoms with Crippen LogP contribution in [-0.4, -0.2) is 27.0 Å². The quantitative estimate of drug-likeness (QED) is 0.887. The van der Waals surface area contributed by atoms with Crippen LogP contribution in [0.25, 0.3) is 0 Å². The molecule has 0 radical (unpaired) electrons. The third-order valence-corrected chi connectivity index (χ3v) is 5.05. The fourth-order valence-electron chi connectivity index (χ4n) is 2.11. The Bertz CT molecular complexity index is 670. The van der Waals surface area contributed by atoms with E-state index in [4.69, 9.17) is 0 Å². The van der Waals surface area contributed by atoms with Gasteiger partial charge in [-0.05, 0) is 43.8 Å². The first-order valence-electron chi connectivity index (χ1n) is 6.76. The molecular weight excluding hydrogens is 286 g/mol. The highest BCUT2D eigenvalue weighted by atomic mass is 32.2. The van der Waals surface area contributed by atoms with Gasteiger partial charge in [-0.25, -0.2) is 8.42 Å². The molecule has 1 aromatic carbocycles. The van der Waals surface area contributed by atoms with Crippen LogP contribution in [0.1, 0.15) is 12.5 Å². The average molecular weight is 305 g/mol. The Hall–Kier alpha value is -1.92. The summed E-state index contributed by atoms with van der Waals surface area (Å²) in [6.07, 6.45) is 3.17. The molecule has 6 heteroatoms. The van der Waals surface area contributed by atoms with Crippen molar-refractivity contribution in [2.45, 2.75) is 18.4 Å². The number of sulfonamides is 1. The van der Waals surface area contributed by atoms with E-state index in [0.717, 1.165) is 5.56 Å². The predicted molar refractivity (Wildman–Crippen MR) is 83.6 cm³/mol. The zero-order valence-electron chi connectivity index (χ0n) is 12.2. The summed E-state index contributed by atoms with van der Waals surface area (Å²) in [5.41, 5.74) is 1.66. The van der Waals surface area contributed by atoms with Gasteiger partial charge in [-0.2, -0.15) is 0 Å². The molecule has 1 heterocycles. The van der Waals surface area contributed by atoms with Crippen LogP contribution in [0.4, 0.5) is 5.69 Å². The van der Waals surface area contributed by atoms with Gasteiger partial charge in [0.05, 0.1) is 10.6 Å². The lowest BCUT2D eigenvalue weighted by molar-refractivity contribution is 0.592. The van der Waals surface area contributed by atoms with E-state index in [0.29, 0.717) is 23.7 Å². The molecule has 21 heavy (non-hydrogen) atoms. The number of aromatic nitrogens is 1. The van der Waals surface area contributed by atoms with Crippen molar-refractivity contribution in [3.05, 3.63) is 54.4 Å². The Kier molecular flexibility index (Phi) is 4.93. The monoisotopic (exact) mass is 305 g/mol. The summed E-state index contributed by atoms with van der Waals surface area (Å²) in [4.78, 5) is 4.21. The molecule has 0 saturated heterocycles. The van der Waals surface area contributed by atoms with Gasteiger partial charge in [0.25, 0.3) is 10.0 Å². The molecule has 0 atom stereocenters. The van der Waals surface area contributed by atoms with Crippen LogP contribution in [0.3, 0.4) is 0 Å². The smallest absolute Gasteiger partial charge is 0.264 e. The molecule has 1 N–H and O–H groups in total. The van der Waals surface area contributed by atoms with E-state index in [1.807, 2.05) is 26.1 Å². The van der Waals surface area contributed by atoms with Gasteiger partial charge in [-0.15, -0.1) is 0 Å². The lowest BCUT2D eigenvalue weighted by Gasteiger charge is -2.22. The van der Waals surface area contributed by atoms with Crippen LogP contribution < -0.4 is 9.62 Å². The Labute approximate surface area is 125 Å². The predicted octanol–water partition coefficient (Wildman–Crippen LogP) is 2.02. The van der Waals surface area contributed by atoms with Crippen molar-refractivity contribution < 1.29 is 8.42 Å². The van der Waals surface area contributed by atoms with Crippen molar-refractivity contribution in [3.8, 4) is 0 Å². The first kappa shape index (κ1) is 15.5. The van der Waals surface area contributed by atoms with Crippen molar-refractivity contribution >= 4 is 15.7 Å². The van der Waals surface area contributed by atoms with Gasteiger partial charge in [-0.1, -0.05) is 12.1 Å². The standard InChI is InChI=1S/C15H19N3O2S/c1-3-18(14-8-10-17-11-9-14)21(19,20)15-6-4-13(5-7-15)12-16-2/h4-11,16H,3,12H2,1-2H3. The largest absolute Gasteiger partial charge is 0.316 e. The van der Waals surface area contributed by atoms with Crippen LogP contribution in [0.2, 0.25) is 0 Å². The SMILES string of the molecule is CCN(c1ccncc1)S(=O)(=O)c1ccc(CNC)cc1. The fourth-order valence-corrected chi connectivity index (χ4v) is 3.59. The highest BCUT2D eigenvalue weighted by Gasteiger charge is 2.23. The summed E-state index contributed by atoms with van der Waals surface area (Å²) in [7, 11) is -1.70. The number of rotatable bonds is 6. The van der Waals surface area contributed by atoms with Crippen molar-refractivity contribution in [3.63, 3.8) is 0 Å². The normalized spacial score (nSPS) is 11.3. The molecule has 2 rings (SSSR count). The lowest BCUT2D eigenvalue weighted by atomic mass is 10.2. The van der Waals surface area contributed by atoms with Gasteiger partial charge in [-0.3, -0.25) is 9.29 Å². The van der Waals surface area contributed by atoms with Gasteiger partial charge >= 0.3 is 0 Å². The Morgan fingerprint density at radius 3 is 2.24 bits per heavy atom. The van der Waals surface area contributed by atoms with E-state index < -0.39 is 10.0 Å². The van der Waals surface area contributed by atoms with Crippen LogP contribution in [0.15, 0.2) is 53.7 Å². The molecule has 2 aromatic rings. The van der Waals surface area contributed by atoms with Crippen molar-refractivity contribution in [2.24, 2.45) is 0 Å². The molecule has 0 amide bonds. The number of benzene rings is 1. The molecule has 0 spiro atoms. The number of pyridine rings is 1. The number of nitrogens with zero attached hydrogens (tertiary/aromatic N) is 2. The van der Waals surface area contributed by atoms with Crippen molar-refractivity contribution in [2.75, 3.05) is 17.9 Å². The summed E-state index contributed by atoms with van der Waals surface area (Å²) in [6.45, 7) is 2.89. The Morgan fingerprint density at radius 2 is 1.71 bits per heavy atom. The minimum absolute atomic E-state index is 0.293. The first-order valence-corrected chi connectivity index (χ1v) is 8.20. The van der Waals surface area contributed by atoms with E-state index in [1.165, 1.54) is 4.31 Å². The van der Waals surface area contributed by atoms with Crippen molar-refractivity contribution in [1.82, 2.24) is 10.3 Å². The molecule has 0 bridgehead atoms. The summed E-state index contributed by atoms with van der Waals surface area (Å²) >= 11 is 0. The van der Waals surface area contributed by atoms with E-state index >= 15 is 0 Å². The van der Waals surface area contributed by atoms with E-state index in [-0.39, 0.29) is 0 Å². The summed E-state index contributed by atoms with van der Waals surface area (Å²) in [5.74, 6) is 0. The minimum Gasteiger partial charge on any atom is -0.316 e. The van der Waals surface area contributed by atoms with Crippen LogP contribution in [-0.2, 0) is 16.6 Å². The maximum atomic E-state index is 12.7. The van der Waals surface area contributed by atoms with E-state index in [1.54, 1.807) is 36.7 Å². The van der Waals surface area contributed by atoms with Crippen LogP contribution in [0.5, 0.6) is 0 Å². The fraction of sp³-hybridized carbons (Fsp3) is 0.267. The van der Waals surface area contributed by atoms with Gasteiger partial charge in [0.15, 0.2) is 0 Å². The number of hydrogen-bond acceptors (Lipinski definition) is 4. The molecule has 0 saturated carbocycles. The molecule has 112 valence electrons. The minimum atomic E-state index is -3.55. The third kappa shape index (κ3) is 3.40. The number of hydrogen-bond donors (Lipinski definition) is 1. The molecule has 0 aliphatic rings.